The summed E-state index contributed by atoms with van der Waals surface area (Å²) in [5, 5.41) is 13.8. The molecule has 11 heteroatoms. The van der Waals surface area contributed by atoms with Crippen LogP contribution in [0.3, 0.4) is 0 Å². The van der Waals surface area contributed by atoms with Gasteiger partial charge >= 0.3 is 6.16 Å². The highest BCUT2D eigenvalue weighted by Gasteiger charge is 2.27. The van der Waals surface area contributed by atoms with E-state index in [2.05, 4.69) is 5.32 Å². The van der Waals surface area contributed by atoms with Crippen molar-refractivity contribution in [3.63, 3.8) is 0 Å². The van der Waals surface area contributed by atoms with Crippen LogP contribution in [-0.2, 0) is 11.3 Å². The van der Waals surface area contributed by atoms with Crippen molar-refractivity contribution < 1.29 is 37.9 Å². The number of rotatable bonds is 10. The predicted molar refractivity (Wildman–Crippen MR) is 169 cm³/mol. The number of nitrogens with one attached hydrogen (secondary N) is 1. The van der Waals surface area contributed by atoms with Crippen molar-refractivity contribution in [1.29, 1.82) is 0 Å². The van der Waals surface area contributed by atoms with Gasteiger partial charge in [0, 0.05) is 18.7 Å². The molecule has 0 saturated heterocycles. The van der Waals surface area contributed by atoms with Crippen molar-refractivity contribution in [3.05, 3.63) is 129 Å². The Morgan fingerprint density at radius 3 is 2.20 bits per heavy atom. The van der Waals surface area contributed by atoms with Gasteiger partial charge < -0.3 is 24.3 Å². The van der Waals surface area contributed by atoms with E-state index < -0.39 is 16.9 Å². The van der Waals surface area contributed by atoms with Gasteiger partial charge in [-0.25, -0.2) is 9.18 Å². The lowest BCUT2D eigenvalue weighted by Gasteiger charge is -2.14. The Morgan fingerprint density at radius 2 is 1.57 bits per heavy atom. The average molecular weight is 625 g/mol. The molecule has 0 spiro atoms. The normalized spacial score (nSPS) is 12.8. The zero-order valence-electron chi connectivity index (χ0n) is 25.2. The monoisotopic (exact) mass is 624 g/mol. The molecule has 1 aliphatic carbocycles. The zero-order chi connectivity index (χ0) is 32.8. The largest absolute Gasteiger partial charge is 0.519 e. The Balaban J connectivity index is 1.41. The first-order chi connectivity index (χ1) is 22.2. The summed E-state index contributed by atoms with van der Waals surface area (Å²) in [4.78, 5) is 35.9. The fourth-order valence-electron chi connectivity index (χ4n) is 5.09. The van der Waals surface area contributed by atoms with Gasteiger partial charge in [-0.15, -0.1) is 0 Å². The summed E-state index contributed by atoms with van der Waals surface area (Å²) in [5.74, 6) is -0.299. The number of hydrogen-bond donors (Lipinski definition) is 1. The fraction of sp³-hybridized carbons (Fsp3) is 0.143. The molecule has 0 fully saturated rings. The number of nitrogens with zero attached hydrogens (tertiary/aromatic N) is 1. The van der Waals surface area contributed by atoms with Crippen molar-refractivity contribution >= 4 is 35.0 Å². The smallest absolute Gasteiger partial charge is 0.493 e. The molecule has 1 N–H and O–H groups in total. The van der Waals surface area contributed by atoms with E-state index >= 15 is 0 Å². The number of halogens is 1. The number of amides is 1. The molecular formula is C35H29FN2O8. The van der Waals surface area contributed by atoms with Gasteiger partial charge in [-0.05, 0) is 88.4 Å². The number of allylic oxidation sites excluding steroid dienone is 2. The van der Waals surface area contributed by atoms with Crippen molar-refractivity contribution in [1.82, 2.24) is 5.32 Å². The van der Waals surface area contributed by atoms with Crippen LogP contribution < -0.4 is 24.3 Å². The molecule has 5 rings (SSSR count). The number of carbonyl (C=O) groups is 2. The van der Waals surface area contributed by atoms with Crippen LogP contribution in [0.5, 0.6) is 23.0 Å². The second-order valence-electron chi connectivity index (χ2n) is 10.3. The van der Waals surface area contributed by atoms with E-state index in [0.29, 0.717) is 23.2 Å². The summed E-state index contributed by atoms with van der Waals surface area (Å²) in [6.45, 7) is 2.25. The van der Waals surface area contributed by atoms with Gasteiger partial charge in [0.15, 0.2) is 11.5 Å². The molecule has 0 heterocycles. The first kappa shape index (κ1) is 31.5. The maximum Gasteiger partial charge on any atom is 0.519 e. The lowest BCUT2D eigenvalue weighted by atomic mass is 10.00. The van der Waals surface area contributed by atoms with Gasteiger partial charge in [0.05, 0.1) is 25.6 Å². The average Bonchev–Trinajstić information content (AvgIpc) is 3.29. The number of benzene rings is 4. The molecule has 46 heavy (non-hydrogen) atoms. The van der Waals surface area contributed by atoms with Crippen molar-refractivity contribution in [2.45, 2.75) is 19.9 Å². The van der Waals surface area contributed by atoms with Gasteiger partial charge in [0.25, 0.3) is 5.69 Å². The molecule has 0 saturated carbocycles. The summed E-state index contributed by atoms with van der Waals surface area (Å²) in [6, 6.07) is 22.2. The number of methoxy groups -OCH3 is 2. The van der Waals surface area contributed by atoms with E-state index in [1.54, 1.807) is 18.2 Å². The quantitative estimate of drug-likeness (QED) is 0.0839. The van der Waals surface area contributed by atoms with Crippen LogP contribution in [0.15, 0.2) is 90.5 Å². The minimum Gasteiger partial charge on any atom is -0.493 e. The Kier molecular flexibility index (Phi) is 9.41. The fourth-order valence-corrected chi connectivity index (χ4v) is 5.09. The van der Waals surface area contributed by atoms with Crippen LogP contribution in [0.1, 0.15) is 35.6 Å². The van der Waals surface area contributed by atoms with Crippen molar-refractivity contribution in [2.75, 3.05) is 14.2 Å². The number of nitro benzene ring substituents is 1. The number of carbonyl (C=O) groups excluding carboxylic acids is 2. The molecule has 10 nitrogen and oxygen atoms in total. The number of fused-ring (bicyclic) bond motifs is 1. The van der Waals surface area contributed by atoms with Crippen LogP contribution in [-0.4, -0.2) is 31.2 Å². The molecule has 0 radical (unpaired) electrons. The lowest BCUT2D eigenvalue weighted by molar-refractivity contribution is -0.384. The standard InChI is InChI=1S/C35H29FN2O8/c1-21-28(27-14-9-24(36)18-30(27)29(21)19-33(39)37-20-22-7-5-4-6-8-22)15-23-16-31(43-2)34(32(17-23)44-3)46-35(40)45-26-12-10-25(11-13-26)38(41)42/h4-18H,19-20H2,1-3H3,(H,37,39)/b28-15-. The Morgan fingerprint density at radius 1 is 0.891 bits per heavy atom. The molecule has 1 amide bonds. The summed E-state index contributed by atoms with van der Waals surface area (Å²) < 4.78 is 36.0. The Labute approximate surface area is 263 Å². The van der Waals surface area contributed by atoms with Crippen LogP contribution in [0.2, 0.25) is 0 Å². The highest BCUT2D eigenvalue weighted by Crippen LogP contribution is 2.45. The summed E-state index contributed by atoms with van der Waals surface area (Å²) in [5.41, 5.74) is 5.10. The maximum atomic E-state index is 14.4. The number of non-ortho nitro benzene ring substituents is 1. The molecule has 0 bridgehead atoms. The first-order valence-electron chi connectivity index (χ1n) is 14.1. The van der Waals surface area contributed by atoms with Crippen LogP contribution in [0, 0.1) is 15.9 Å². The van der Waals surface area contributed by atoms with Crippen LogP contribution in [0.25, 0.3) is 17.2 Å². The van der Waals surface area contributed by atoms with E-state index in [1.165, 1.54) is 50.6 Å². The van der Waals surface area contributed by atoms with E-state index in [9.17, 15) is 24.1 Å². The number of ether oxygens (including phenoxy) is 4. The van der Waals surface area contributed by atoms with Crippen LogP contribution >= 0.6 is 0 Å². The molecular weight excluding hydrogens is 595 g/mol. The van der Waals surface area contributed by atoms with Crippen molar-refractivity contribution in [3.8, 4) is 23.0 Å². The number of nitro groups is 1. The third-order valence-electron chi connectivity index (χ3n) is 7.35. The zero-order valence-corrected chi connectivity index (χ0v) is 25.2. The summed E-state index contributed by atoms with van der Waals surface area (Å²) in [7, 11) is 2.79. The Bertz CT molecular complexity index is 1840. The molecule has 0 unspecified atom stereocenters. The maximum absolute atomic E-state index is 14.4. The van der Waals surface area contributed by atoms with Gasteiger partial charge in [0.2, 0.25) is 11.7 Å². The van der Waals surface area contributed by atoms with E-state index in [-0.39, 0.29) is 41.0 Å². The molecule has 1 aliphatic rings. The minimum absolute atomic E-state index is 0.0398. The van der Waals surface area contributed by atoms with Gasteiger partial charge in [-0.2, -0.15) is 0 Å². The van der Waals surface area contributed by atoms with Gasteiger partial charge in [0.1, 0.15) is 11.6 Å². The highest BCUT2D eigenvalue weighted by atomic mass is 19.1. The van der Waals surface area contributed by atoms with Crippen molar-refractivity contribution in [2.24, 2.45) is 0 Å². The molecule has 234 valence electrons. The predicted octanol–water partition coefficient (Wildman–Crippen LogP) is 7.36. The lowest BCUT2D eigenvalue weighted by Crippen LogP contribution is -2.22. The Hall–Kier alpha value is -5.97. The first-order valence-corrected chi connectivity index (χ1v) is 14.1. The molecule has 4 aromatic carbocycles. The summed E-state index contributed by atoms with van der Waals surface area (Å²) in [6.07, 6.45) is 0.797. The minimum atomic E-state index is -1.11. The highest BCUT2D eigenvalue weighted by molar-refractivity contribution is 6.08. The third kappa shape index (κ3) is 7.05. The molecule has 4 aromatic rings. The molecule has 0 aliphatic heterocycles. The van der Waals surface area contributed by atoms with Gasteiger partial charge in [-0.1, -0.05) is 36.4 Å². The number of hydrogen-bond acceptors (Lipinski definition) is 8. The molecule has 0 aromatic heterocycles. The van der Waals surface area contributed by atoms with E-state index in [1.807, 2.05) is 43.3 Å². The van der Waals surface area contributed by atoms with Crippen LogP contribution in [0.4, 0.5) is 14.9 Å². The topological polar surface area (TPSA) is 126 Å². The van der Waals surface area contributed by atoms with E-state index in [0.717, 1.165) is 22.3 Å². The second kappa shape index (κ2) is 13.8. The van der Waals surface area contributed by atoms with E-state index in [4.69, 9.17) is 18.9 Å². The molecule has 0 atom stereocenters. The van der Waals surface area contributed by atoms with Gasteiger partial charge in [-0.3, -0.25) is 14.9 Å². The SMILES string of the molecule is COc1cc(/C=C2/C(C)=C(CC(=O)NCc3ccccc3)c3cc(F)ccc32)cc(OC)c1OC(=O)Oc1ccc([N+](=O)[O-])cc1. The summed E-state index contributed by atoms with van der Waals surface area (Å²) >= 11 is 0. The third-order valence-corrected chi connectivity index (χ3v) is 7.35. The second-order valence-corrected chi connectivity index (χ2v) is 10.3.